The summed E-state index contributed by atoms with van der Waals surface area (Å²) in [5.41, 5.74) is 6.47. The molecule has 9 rings (SSSR count). The number of imide groups is 2. The van der Waals surface area contributed by atoms with Crippen LogP contribution in [-0.2, 0) is 31.0 Å². The Morgan fingerprint density at radius 1 is 0.875 bits per heavy atom. The number of nitrogens with zero attached hydrogens (tertiary/aromatic N) is 5. The first-order valence-electron chi connectivity index (χ1n) is 20.9. The van der Waals surface area contributed by atoms with E-state index in [1.54, 1.807) is 84.9 Å². The molecule has 324 valence electrons. The first kappa shape index (κ1) is 42.5. The topological polar surface area (TPSA) is 144 Å². The van der Waals surface area contributed by atoms with E-state index in [9.17, 15) is 14.7 Å². The van der Waals surface area contributed by atoms with E-state index in [2.05, 4.69) is 22.2 Å². The Labute approximate surface area is 380 Å². The van der Waals surface area contributed by atoms with Gasteiger partial charge in [-0.05, 0) is 115 Å². The molecule has 5 aromatic carbocycles. The van der Waals surface area contributed by atoms with Crippen molar-refractivity contribution >= 4 is 75.3 Å². The van der Waals surface area contributed by atoms with E-state index >= 15 is 9.59 Å². The number of hydrazine groups is 1. The molecule has 6 unspecified atom stereocenters. The van der Waals surface area contributed by atoms with E-state index in [4.69, 9.17) is 27.9 Å². The van der Waals surface area contributed by atoms with Gasteiger partial charge < -0.3 is 14.7 Å². The van der Waals surface area contributed by atoms with Crippen molar-refractivity contribution in [2.24, 2.45) is 33.9 Å². The number of methoxy groups -OCH3 is 1. The number of nitrogens with one attached hydrogen (secondary N) is 1. The first-order chi connectivity index (χ1) is 30.9. The van der Waals surface area contributed by atoms with Crippen molar-refractivity contribution in [3.8, 4) is 11.5 Å². The molecule has 0 spiro atoms. The lowest BCUT2D eigenvalue weighted by Gasteiger charge is -2.50. The quantitative estimate of drug-likeness (QED) is 0.0758. The molecule has 0 aromatic heterocycles. The maximum atomic E-state index is 15.6. The van der Waals surface area contributed by atoms with Crippen LogP contribution in [0, 0.1) is 23.7 Å². The molecule has 2 N–H and O–H groups in total. The number of para-hydroxylation sites is 1. The maximum Gasteiger partial charge on any atom is 0.260 e. The molecule has 5 aromatic rings. The first-order valence-corrected chi connectivity index (χ1v) is 21.7. The number of carbonyl (C=O) groups excluding carboxylic acids is 4. The number of allylic oxidation sites excluding steroid dienone is 3. The lowest BCUT2D eigenvalue weighted by molar-refractivity contribution is -0.138. The Morgan fingerprint density at radius 2 is 1.56 bits per heavy atom. The molecule has 0 radical (unpaired) electrons. The second-order valence-electron chi connectivity index (χ2n) is 16.7. The summed E-state index contributed by atoms with van der Waals surface area (Å²) in [6, 6.07) is 31.5. The van der Waals surface area contributed by atoms with Gasteiger partial charge in [0.2, 0.25) is 11.8 Å². The van der Waals surface area contributed by atoms with Crippen LogP contribution in [0.5, 0.6) is 11.5 Å². The summed E-state index contributed by atoms with van der Waals surface area (Å²) in [5.74, 6) is -5.66. The van der Waals surface area contributed by atoms with Crippen molar-refractivity contribution in [2.45, 2.75) is 30.6 Å². The molecular formula is C50H44Cl2N6O6. The summed E-state index contributed by atoms with van der Waals surface area (Å²) < 4.78 is 5.51. The van der Waals surface area contributed by atoms with Gasteiger partial charge in [0.1, 0.15) is 11.5 Å². The number of halogens is 2. The van der Waals surface area contributed by atoms with Crippen molar-refractivity contribution in [1.82, 2.24) is 5.01 Å². The van der Waals surface area contributed by atoms with Gasteiger partial charge in [0.25, 0.3) is 11.8 Å². The average molecular weight is 896 g/mol. The highest BCUT2D eigenvalue weighted by molar-refractivity contribution is 6.36. The van der Waals surface area contributed by atoms with Gasteiger partial charge in [0.15, 0.2) is 0 Å². The summed E-state index contributed by atoms with van der Waals surface area (Å²) in [7, 11) is 5.46. The number of rotatable bonds is 11. The summed E-state index contributed by atoms with van der Waals surface area (Å²) in [4.78, 5) is 63.3. The van der Waals surface area contributed by atoms with Crippen LogP contribution >= 0.6 is 23.2 Å². The van der Waals surface area contributed by atoms with Gasteiger partial charge in [0, 0.05) is 36.3 Å². The molecule has 2 aliphatic heterocycles. The zero-order valence-corrected chi connectivity index (χ0v) is 36.8. The Morgan fingerprint density at radius 3 is 2.20 bits per heavy atom. The van der Waals surface area contributed by atoms with Gasteiger partial charge in [-0.25, -0.2) is 0 Å². The van der Waals surface area contributed by atoms with Gasteiger partial charge in [-0.3, -0.25) is 29.5 Å². The number of hydrogen-bond acceptors (Lipinski definition) is 10. The molecular weight excluding hydrogens is 851 g/mol. The molecule has 1 saturated carbocycles. The normalized spacial score (nSPS) is 23.8. The SMILES string of the molecule is C=CCc1cccc(C2C3=CCC4C(=O)N(c5ccc(N=Nc6ccc(N(C)C)cc6)cc5)C(=O)C4C3CC3C(=O)N(Nc4ccc(Cl)cc4Cl)C(=O)C32c2ccc(OC)cc2)c1O. The van der Waals surface area contributed by atoms with Gasteiger partial charge >= 0.3 is 0 Å². The number of azo groups is 1. The number of carbonyl (C=O) groups is 4. The number of aromatic hydroxyl groups is 1. The summed E-state index contributed by atoms with van der Waals surface area (Å²) in [6.45, 7) is 3.89. The lowest BCUT2D eigenvalue weighted by atomic mass is 9.49. The molecule has 14 heteroatoms. The monoisotopic (exact) mass is 894 g/mol. The Kier molecular flexibility index (Phi) is 11.1. The van der Waals surface area contributed by atoms with E-state index < -0.39 is 52.7 Å². The number of phenols is 1. The summed E-state index contributed by atoms with van der Waals surface area (Å²) in [6.07, 6.45) is 4.22. The van der Waals surface area contributed by atoms with Crippen LogP contribution in [0.4, 0.5) is 28.4 Å². The minimum Gasteiger partial charge on any atom is -0.507 e. The fourth-order valence-corrected chi connectivity index (χ4v) is 10.7. The number of benzene rings is 5. The van der Waals surface area contributed by atoms with Crippen LogP contribution in [0.25, 0.3) is 0 Å². The van der Waals surface area contributed by atoms with Gasteiger partial charge in [-0.15, -0.1) is 6.58 Å². The minimum absolute atomic E-state index is 0.0478. The minimum atomic E-state index is -1.64. The van der Waals surface area contributed by atoms with Crippen molar-refractivity contribution in [3.63, 3.8) is 0 Å². The third-order valence-corrected chi connectivity index (χ3v) is 13.7. The predicted octanol–water partition coefficient (Wildman–Crippen LogP) is 10.1. The van der Waals surface area contributed by atoms with Gasteiger partial charge in [-0.1, -0.05) is 71.3 Å². The third kappa shape index (κ3) is 6.92. The van der Waals surface area contributed by atoms with Crippen LogP contribution in [0.1, 0.15) is 35.4 Å². The standard InChI is InChI=1S/C50H44Cl2N6O6/c1-5-7-28-8-6-9-38(45(28)59)44-36-23-24-37-43(48(62)57(46(37)60)34-19-15-32(16-20-34)54-53-31-13-17-33(18-14-31)56(2)3)39(36)27-40-47(61)58(55-42-25-12-30(51)26-41(42)52)49(63)50(40,44)29-10-21-35(64-4)22-11-29/h5-6,8-23,25-26,37,39-40,43-44,55,59H,1,7,24,27H2,2-4H3. The highest BCUT2D eigenvalue weighted by Crippen LogP contribution is 2.65. The smallest absolute Gasteiger partial charge is 0.260 e. The lowest BCUT2D eigenvalue weighted by Crippen LogP contribution is -2.53. The summed E-state index contributed by atoms with van der Waals surface area (Å²) in [5, 5.41) is 22.5. The van der Waals surface area contributed by atoms with E-state index in [1.807, 2.05) is 49.3 Å². The van der Waals surface area contributed by atoms with Crippen molar-refractivity contribution in [1.29, 1.82) is 0 Å². The van der Waals surface area contributed by atoms with Crippen LogP contribution in [0.2, 0.25) is 10.0 Å². The largest absolute Gasteiger partial charge is 0.507 e. The van der Waals surface area contributed by atoms with E-state index in [1.165, 1.54) is 18.1 Å². The zero-order chi connectivity index (χ0) is 45.0. The predicted molar refractivity (Wildman–Crippen MR) is 247 cm³/mol. The van der Waals surface area contributed by atoms with E-state index in [0.29, 0.717) is 56.5 Å². The maximum absolute atomic E-state index is 15.6. The van der Waals surface area contributed by atoms with Gasteiger partial charge in [0.05, 0.1) is 58.1 Å². The zero-order valence-electron chi connectivity index (χ0n) is 35.2. The molecule has 2 saturated heterocycles. The number of anilines is 3. The number of fused-ring (bicyclic) bond motifs is 4. The highest BCUT2D eigenvalue weighted by atomic mass is 35.5. The van der Waals surface area contributed by atoms with Crippen LogP contribution < -0.4 is 20.0 Å². The molecule has 2 aliphatic carbocycles. The van der Waals surface area contributed by atoms with Crippen LogP contribution in [-0.4, -0.2) is 54.9 Å². The van der Waals surface area contributed by atoms with Gasteiger partial charge in [-0.2, -0.15) is 15.2 Å². The van der Waals surface area contributed by atoms with Crippen molar-refractivity contribution in [3.05, 3.63) is 160 Å². The molecule has 4 amide bonds. The average Bonchev–Trinajstić information content (AvgIpc) is 3.68. The Balaban J connectivity index is 1.13. The summed E-state index contributed by atoms with van der Waals surface area (Å²) >= 11 is 12.8. The third-order valence-electron chi connectivity index (χ3n) is 13.2. The second kappa shape index (κ2) is 16.7. The Hall–Kier alpha value is -6.76. The fraction of sp³-hybridized carbons (Fsp3) is 0.240. The van der Waals surface area contributed by atoms with Crippen LogP contribution in [0.15, 0.2) is 144 Å². The molecule has 4 aliphatic rings. The van der Waals surface area contributed by atoms with Crippen LogP contribution in [0.3, 0.4) is 0 Å². The number of amides is 4. The van der Waals surface area contributed by atoms with E-state index in [0.717, 1.165) is 10.7 Å². The molecule has 64 heavy (non-hydrogen) atoms. The molecule has 0 bridgehead atoms. The van der Waals surface area contributed by atoms with Crippen molar-refractivity contribution in [2.75, 3.05) is 36.4 Å². The number of hydrogen-bond donors (Lipinski definition) is 2. The Bertz CT molecular complexity index is 2770. The molecule has 3 fully saturated rings. The van der Waals surface area contributed by atoms with E-state index in [-0.39, 0.29) is 35.2 Å². The molecule has 6 atom stereocenters. The fourth-order valence-electron chi connectivity index (χ4n) is 10.2. The molecule has 2 heterocycles. The molecule has 12 nitrogen and oxygen atoms in total. The number of phenolic OH excluding ortho intramolecular Hbond substituents is 1. The van der Waals surface area contributed by atoms with Crippen molar-refractivity contribution < 1.29 is 29.0 Å². The number of ether oxygens (including phenoxy) is 1. The highest BCUT2D eigenvalue weighted by Gasteiger charge is 2.70. The second-order valence-corrected chi connectivity index (χ2v) is 17.5.